The van der Waals surface area contributed by atoms with Crippen molar-refractivity contribution in [3.05, 3.63) is 53.0 Å². The summed E-state index contributed by atoms with van der Waals surface area (Å²) in [5.41, 5.74) is 1.34. The number of nitrogens with zero attached hydrogens (tertiary/aromatic N) is 2. The van der Waals surface area contributed by atoms with E-state index in [1.165, 1.54) is 0 Å². The molecule has 3 aromatic rings. The van der Waals surface area contributed by atoms with Crippen LogP contribution in [0.3, 0.4) is 0 Å². The first-order chi connectivity index (χ1) is 11.1. The van der Waals surface area contributed by atoms with Crippen molar-refractivity contribution in [1.82, 2.24) is 10.1 Å². The summed E-state index contributed by atoms with van der Waals surface area (Å²) in [6, 6.07) is 14.4. The van der Waals surface area contributed by atoms with Crippen LogP contribution in [0.2, 0.25) is 0 Å². The highest BCUT2D eigenvalue weighted by atomic mass is 79.9. The van der Waals surface area contributed by atoms with Gasteiger partial charge in [-0.3, -0.25) is 0 Å². The summed E-state index contributed by atoms with van der Waals surface area (Å²) in [7, 11) is 0. The van der Waals surface area contributed by atoms with E-state index in [0.717, 1.165) is 10.0 Å². The maximum absolute atomic E-state index is 10.7. The molecule has 0 atom stereocenters. The minimum Gasteiger partial charge on any atom is -0.481 e. The van der Waals surface area contributed by atoms with Crippen molar-refractivity contribution in [3.8, 4) is 28.6 Å². The van der Waals surface area contributed by atoms with Crippen molar-refractivity contribution >= 4 is 21.9 Å². The van der Waals surface area contributed by atoms with Crippen molar-refractivity contribution in [2.24, 2.45) is 0 Å². The van der Waals surface area contributed by atoms with Crippen LogP contribution in [0.1, 0.15) is 0 Å². The largest absolute Gasteiger partial charge is 0.481 e. The number of halogens is 1. The lowest BCUT2D eigenvalue weighted by Crippen LogP contribution is -2.09. The number of aromatic nitrogens is 2. The van der Waals surface area contributed by atoms with E-state index in [1.54, 1.807) is 24.3 Å². The van der Waals surface area contributed by atoms with Gasteiger partial charge in [-0.2, -0.15) is 4.98 Å². The number of para-hydroxylation sites is 1. The molecule has 1 N–H and O–H groups in total. The van der Waals surface area contributed by atoms with E-state index < -0.39 is 12.6 Å². The summed E-state index contributed by atoms with van der Waals surface area (Å²) in [5.74, 6) is 0.00807. The zero-order chi connectivity index (χ0) is 16.2. The highest BCUT2D eigenvalue weighted by Crippen LogP contribution is 2.31. The van der Waals surface area contributed by atoms with Crippen molar-refractivity contribution < 1.29 is 19.2 Å². The van der Waals surface area contributed by atoms with Crippen LogP contribution < -0.4 is 4.74 Å². The first-order valence-electron chi connectivity index (χ1n) is 6.68. The van der Waals surface area contributed by atoms with Crippen LogP contribution in [0.15, 0.2) is 57.5 Å². The molecule has 6 nitrogen and oxygen atoms in total. The predicted molar refractivity (Wildman–Crippen MR) is 86.0 cm³/mol. The number of ether oxygens (including phenoxy) is 1. The molecule has 0 aliphatic rings. The van der Waals surface area contributed by atoms with Gasteiger partial charge in [-0.05, 0) is 24.3 Å². The number of hydrogen-bond donors (Lipinski definition) is 1. The Balaban J connectivity index is 1.95. The molecule has 116 valence electrons. The lowest BCUT2D eigenvalue weighted by molar-refractivity contribution is -0.139. The molecule has 0 spiro atoms. The molecule has 0 aliphatic heterocycles. The molecule has 0 amide bonds. The van der Waals surface area contributed by atoms with Crippen molar-refractivity contribution in [2.45, 2.75) is 0 Å². The van der Waals surface area contributed by atoms with Gasteiger partial charge in [0.25, 0.3) is 5.89 Å². The van der Waals surface area contributed by atoms with Crippen molar-refractivity contribution in [3.63, 3.8) is 0 Å². The molecular formula is C16H11BrN2O4. The Kier molecular flexibility index (Phi) is 4.38. The number of benzene rings is 2. The molecule has 3 rings (SSSR count). The van der Waals surface area contributed by atoms with Crippen molar-refractivity contribution in [2.75, 3.05) is 6.61 Å². The van der Waals surface area contributed by atoms with Crippen LogP contribution in [-0.4, -0.2) is 27.8 Å². The van der Waals surface area contributed by atoms with Crippen molar-refractivity contribution in [1.29, 1.82) is 0 Å². The molecule has 0 bridgehead atoms. The second kappa shape index (κ2) is 6.62. The molecule has 0 radical (unpaired) electrons. The molecule has 0 aliphatic carbocycles. The first-order valence-corrected chi connectivity index (χ1v) is 7.47. The number of aliphatic carboxylic acids is 1. The van der Waals surface area contributed by atoms with Gasteiger partial charge in [0.2, 0.25) is 5.82 Å². The summed E-state index contributed by atoms with van der Waals surface area (Å²) < 4.78 is 11.4. The second-order valence-corrected chi connectivity index (χ2v) is 5.44. The van der Waals surface area contributed by atoms with Gasteiger partial charge in [0.15, 0.2) is 6.61 Å². The average Bonchev–Trinajstić information content (AvgIpc) is 3.03. The third-order valence-corrected chi connectivity index (χ3v) is 3.70. The molecule has 1 aromatic heterocycles. The fourth-order valence-electron chi connectivity index (χ4n) is 1.99. The fraction of sp³-hybridized carbons (Fsp3) is 0.0625. The first kappa shape index (κ1) is 15.2. The molecule has 0 saturated carbocycles. The average molecular weight is 375 g/mol. The summed E-state index contributed by atoms with van der Waals surface area (Å²) in [6.45, 7) is -0.442. The van der Waals surface area contributed by atoms with Gasteiger partial charge < -0.3 is 14.4 Å². The molecule has 0 fully saturated rings. The summed E-state index contributed by atoms with van der Waals surface area (Å²) in [4.78, 5) is 15.0. The number of hydrogen-bond acceptors (Lipinski definition) is 5. The van der Waals surface area contributed by atoms with E-state index in [4.69, 9.17) is 14.4 Å². The van der Waals surface area contributed by atoms with E-state index in [1.807, 2.05) is 24.3 Å². The summed E-state index contributed by atoms with van der Waals surface area (Å²) in [6.07, 6.45) is 0. The van der Waals surface area contributed by atoms with Gasteiger partial charge in [-0.25, -0.2) is 4.79 Å². The summed E-state index contributed by atoms with van der Waals surface area (Å²) in [5, 5.41) is 12.7. The normalized spacial score (nSPS) is 10.5. The minimum absolute atomic E-state index is 0.261. The van der Waals surface area contributed by atoms with E-state index in [-0.39, 0.29) is 5.89 Å². The number of rotatable bonds is 5. The zero-order valence-electron chi connectivity index (χ0n) is 11.8. The maximum Gasteiger partial charge on any atom is 0.341 e. The monoisotopic (exact) mass is 374 g/mol. The molecular weight excluding hydrogens is 364 g/mol. The Morgan fingerprint density at radius 1 is 1.13 bits per heavy atom. The van der Waals surface area contributed by atoms with E-state index in [0.29, 0.717) is 17.1 Å². The quantitative estimate of drug-likeness (QED) is 0.733. The van der Waals surface area contributed by atoms with E-state index in [2.05, 4.69) is 26.1 Å². The van der Waals surface area contributed by atoms with Gasteiger partial charge in [0.1, 0.15) is 5.75 Å². The van der Waals surface area contributed by atoms with E-state index >= 15 is 0 Å². The fourth-order valence-corrected chi connectivity index (χ4v) is 2.46. The smallest absolute Gasteiger partial charge is 0.341 e. The number of carboxylic acids is 1. The minimum atomic E-state index is -1.06. The van der Waals surface area contributed by atoms with Crippen LogP contribution in [0, 0.1) is 0 Å². The molecule has 0 saturated heterocycles. The molecule has 7 heteroatoms. The highest BCUT2D eigenvalue weighted by molar-refractivity contribution is 9.10. The van der Waals surface area contributed by atoms with Gasteiger partial charge >= 0.3 is 5.97 Å². The van der Waals surface area contributed by atoms with Crippen LogP contribution >= 0.6 is 15.9 Å². The maximum atomic E-state index is 10.7. The van der Waals surface area contributed by atoms with Gasteiger partial charge in [0.05, 0.1) is 5.56 Å². The molecule has 2 aromatic carbocycles. The van der Waals surface area contributed by atoms with Gasteiger partial charge in [0, 0.05) is 10.0 Å². The van der Waals surface area contributed by atoms with E-state index in [9.17, 15) is 4.79 Å². The van der Waals surface area contributed by atoms with Gasteiger partial charge in [-0.1, -0.05) is 45.4 Å². The Hall–Kier alpha value is -2.67. The SMILES string of the molecule is O=C(O)COc1ccccc1-c1nc(-c2ccccc2Br)no1. The topological polar surface area (TPSA) is 85.5 Å². The zero-order valence-corrected chi connectivity index (χ0v) is 13.4. The summed E-state index contributed by atoms with van der Waals surface area (Å²) >= 11 is 3.44. The molecule has 0 unspecified atom stereocenters. The third-order valence-electron chi connectivity index (χ3n) is 3.01. The number of carbonyl (C=O) groups is 1. The Bertz CT molecular complexity index is 847. The lowest BCUT2D eigenvalue weighted by Gasteiger charge is -2.06. The molecule has 1 heterocycles. The predicted octanol–water partition coefficient (Wildman–Crippen LogP) is 3.63. The highest BCUT2D eigenvalue weighted by Gasteiger charge is 2.16. The Morgan fingerprint density at radius 2 is 1.83 bits per heavy atom. The van der Waals surface area contributed by atoms with Crippen LogP contribution in [-0.2, 0) is 4.79 Å². The van der Waals surface area contributed by atoms with Crippen LogP contribution in [0.5, 0.6) is 5.75 Å². The third kappa shape index (κ3) is 3.40. The second-order valence-electron chi connectivity index (χ2n) is 4.58. The lowest BCUT2D eigenvalue weighted by atomic mass is 10.2. The number of carboxylic acid groups (broad SMARTS) is 1. The standard InChI is InChI=1S/C16H11BrN2O4/c17-12-7-3-1-5-10(12)15-18-16(23-19-15)11-6-2-4-8-13(11)22-9-14(20)21/h1-8H,9H2,(H,20,21). The van der Waals surface area contributed by atoms with Crippen LogP contribution in [0.4, 0.5) is 0 Å². The Morgan fingerprint density at radius 3 is 2.57 bits per heavy atom. The molecule has 23 heavy (non-hydrogen) atoms. The Labute approximate surface area is 139 Å². The van der Waals surface area contributed by atoms with Gasteiger partial charge in [-0.15, -0.1) is 0 Å². The van der Waals surface area contributed by atoms with Crippen LogP contribution in [0.25, 0.3) is 22.8 Å².